The first kappa shape index (κ1) is 12.2. The number of anilines is 1. The fourth-order valence-electron chi connectivity index (χ4n) is 2.02. The third-order valence-corrected chi connectivity index (χ3v) is 3.05. The van der Waals surface area contributed by atoms with Crippen LogP contribution in [-0.4, -0.2) is 32.8 Å². The number of nitrogens with zero attached hydrogens (tertiary/aromatic N) is 1. The van der Waals surface area contributed by atoms with Gasteiger partial charge in [0.25, 0.3) is 0 Å². The van der Waals surface area contributed by atoms with Gasteiger partial charge < -0.3 is 15.0 Å². The normalized spacial score (nSPS) is 15.8. The summed E-state index contributed by atoms with van der Waals surface area (Å²) in [5.41, 5.74) is 1.26. The van der Waals surface area contributed by atoms with Crippen LogP contribution >= 0.6 is 0 Å². The topological polar surface area (TPSA) is 24.5 Å². The smallest absolute Gasteiger partial charge is 0.119 e. The minimum Gasteiger partial charge on any atom is -0.491 e. The van der Waals surface area contributed by atoms with E-state index in [1.807, 2.05) is 26.0 Å². The second-order valence-corrected chi connectivity index (χ2v) is 5.07. The van der Waals surface area contributed by atoms with Crippen molar-refractivity contribution < 1.29 is 4.74 Å². The van der Waals surface area contributed by atoms with E-state index in [0.29, 0.717) is 0 Å². The molecule has 1 aliphatic rings. The van der Waals surface area contributed by atoms with Crippen molar-refractivity contribution in [2.24, 2.45) is 5.92 Å². The first-order valence-corrected chi connectivity index (χ1v) is 6.33. The lowest BCUT2D eigenvalue weighted by molar-refractivity contribution is 0.242. The van der Waals surface area contributed by atoms with Crippen LogP contribution in [-0.2, 0) is 0 Å². The Morgan fingerprint density at radius 2 is 1.94 bits per heavy atom. The molecule has 0 atom stereocenters. The SMILES string of the molecule is CC(C)Oc1ccc(N(C)CC2CNC2)cc1. The van der Waals surface area contributed by atoms with E-state index in [0.717, 1.165) is 31.3 Å². The van der Waals surface area contributed by atoms with E-state index < -0.39 is 0 Å². The third-order valence-electron chi connectivity index (χ3n) is 3.05. The fourth-order valence-corrected chi connectivity index (χ4v) is 2.02. The van der Waals surface area contributed by atoms with Gasteiger partial charge in [0.2, 0.25) is 0 Å². The number of benzene rings is 1. The molecule has 1 heterocycles. The van der Waals surface area contributed by atoms with E-state index in [-0.39, 0.29) is 6.10 Å². The van der Waals surface area contributed by atoms with Gasteiger partial charge >= 0.3 is 0 Å². The van der Waals surface area contributed by atoms with E-state index in [1.54, 1.807) is 0 Å². The second-order valence-electron chi connectivity index (χ2n) is 5.07. The molecule has 0 radical (unpaired) electrons. The van der Waals surface area contributed by atoms with Crippen LogP contribution in [0.1, 0.15) is 13.8 Å². The van der Waals surface area contributed by atoms with Gasteiger partial charge in [-0.15, -0.1) is 0 Å². The summed E-state index contributed by atoms with van der Waals surface area (Å²) in [6.45, 7) is 7.52. The molecule has 0 aromatic heterocycles. The summed E-state index contributed by atoms with van der Waals surface area (Å²) in [5.74, 6) is 1.74. The molecule has 1 saturated heterocycles. The molecule has 0 amide bonds. The molecule has 1 aromatic carbocycles. The van der Waals surface area contributed by atoms with Crippen molar-refractivity contribution in [1.29, 1.82) is 0 Å². The van der Waals surface area contributed by atoms with Crippen LogP contribution in [0.25, 0.3) is 0 Å². The Balaban J connectivity index is 1.91. The van der Waals surface area contributed by atoms with Crippen molar-refractivity contribution in [3.05, 3.63) is 24.3 Å². The molecule has 1 fully saturated rings. The maximum Gasteiger partial charge on any atom is 0.119 e. The van der Waals surface area contributed by atoms with Crippen molar-refractivity contribution in [2.75, 3.05) is 31.6 Å². The molecule has 0 saturated carbocycles. The highest BCUT2D eigenvalue weighted by Crippen LogP contribution is 2.20. The van der Waals surface area contributed by atoms with E-state index >= 15 is 0 Å². The van der Waals surface area contributed by atoms with Crippen molar-refractivity contribution in [1.82, 2.24) is 5.32 Å². The number of rotatable bonds is 5. The van der Waals surface area contributed by atoms with Gasteiger partial charge in [0, 0.05) is 38.3 Å². The van der Waals surface area contributed by atoms with E-state index in [9.17, 15) is 0 Å². The molecular weight excluding hydrogens is 212 g/mol. The summed E-state index contributed by atoms with van der Waals surface area (Å²) in [7, 11) is 2.15. The number of hydrogen-bond acceptors (Lipinski definition) is 3. The Hall–Kier alpha value is -1.22. The Morgan fingerprint density at radius 3 is 2.41 bits per heavy atom. The third kappa shape index (κ3) is 3.37. The van der Waals surface area contributed by atoms with Crippen LogP contribution in [0.3, 0.4) is 0 Å². The van der Waals surface area contributed by atoms with Crippen LogP contribution in [0, 0.1) is 5.92 Å². The highest BCUT2D eigenvalue weighted by atomic mass is 16.5. The zero-order valence-electron chi connectivity index (χ0n) is 10.9. The minimum absolute atomic E-state index is 0.236. The molecule has 1 aliphatic heterocycles. The van der Waals surface area contributed by atoms with E-state index in [2.05, 4.69) is 29.4 Å². The van der Waals surface area contributed by atoms with Crippen molar-refractivity contribution >= 4 is 5.69 Å². The molecule has 3 nitrogen and oxygen atoms in total. The van der Waals surface area contributed by atoms with Gasteiger partial charge in [0.1, 0.15) is 5.75 Å². The second kappa shape index (κ2) is 5.41. The molecule has 1 N–H and O–H groups in total. The molecule has 17 heavy (non-hydrogen) atoms. The monoisotopic (exact) mass is 234 g/mol. The van der Waals surface area contributed by atoms with Gasteiger partial charge in [-0.2, -0.15) is 0 Å². The average Bonchev–Trinajstić information content (AvgIpc) is 2.23. The van der Waals surface area contributed by atoms with Crippen molar-refractivity contribution in [3.63, 3.8) is 0 Å². The Bertz CT molecular complexity index is 344. The molecule has 2 rings (SSSR count). The minimum atomic E-state index is 0.236. The molecule has 0 aliphatic carbocycles. The van der Waals surface area contributed by atoms with Crippen LogP contribution in [0.15, 0.2) is 24.3 Å². The summed E-state index contributed by atoms with van der Waals surface area (Å²) in [6.07, 6.45) is 0.236. The molecular formula is C14H22N2O. The highest BCUT2D eigenvalue weighted by molar-refractivity contribution is 5.48. The first-order valence-electron chi connectivity index (χ1n) is 6.33. The highest BCUT2D eigenvalue weighted by Gasteiger charge is 2.18. The Morgan fingerprint density at radius 1 is 1.29 bits per heavy atom. The van der Waals surface area contributed by atoms with Crippen LogP contribution in [0.5, 0.6) is 5.75 Å². The first-order chi connectivity index (χ1) is 8.15. The van der Waals surface area contributed by atoms with Crippen LogP contribution < -0.4 is 15.0 Å². The largest absolute Gasteiger partial charge is 0.491 e. The van der Waals surface area contributed by atoms with E-state index in [1.165, 1.54) is 5.69 Å². The summed E-state index contributed by atoms with van der Waals surface area (Å²) in [4.78, 5) is 2.31. The van der Waals surface area contributed by atoms with Crippen molar-refractivity contribution in [3.8, 4) is 5.75 Å². The van der Waals surface area contributed by atoms with Crippen molar-refractivity contribution in [2.45, 2.75) is 20.0 Å². The zero-order valence-corrected chi connectivity index (χ0v) is 10.9. The Kier molecular flexibility index (Phi) is 3.89. The van der Waals surface area contributed by atoms with Gasteiger partial charge in [0.15, 0.2) is 0 Å². The van der Waals surface area contributed by atoms with Gasteiger partial charge in [-0.3, -0.25) is 0 Å². The predicted octanol–water partition coefficient (Wildman–Crippen LogP) is 2.13. The Labute approximate surface area is 104 Å². The number of nitrogens with one attached hydrogen (secondary N) is 1. The lowest BCUT2D eigenvalue weighted by Crippen LogP contribution is -2.47. The molecule has 3 heteroatoms. The van der Waals surface area contributed by atoms with Crippen LogP contribution in [0.2, 0.25) is 0 Å². The summed E-state index contributed by atoms with van der Waals surface area (Å²) < 4.78 is 5.63. The fraction of sp³-hybridized carbons (Fsp3) is 0.571. The molecule has 0 spiro atoms. The summed E-state index contributed by atoms with van der Waals surface area (Å²) in [5, 5.41) is 3.30. The zero-order chi connectivity index (χ0) is 12.3. The van der Waals surface area contributed by atoms with Gasteiger partial charge in [-0.25, -0.2) is 0 Å². The molecule has 94 valence electrons. The standard InChI is InChI=1S/C14H22N2O/c1-11(2)17-14-6-4-13(5-7-14)16(3)10-12-8-15-9-12/h4-7,11-12,15H,8-10H2,1-3H3. The predicted molar refractivity (Wildman–Crippen MR) is 71.8 cm³/mol. The van der Waals surface area contributed by atoms with Crippen LogP contribution in [0.4, 0.5) is 5.69 Å². The quantitative estimate of drug-likeness (QED) is 0.844. The number of hydrogen-bond donors (Lipinski definition) is 1. The summed E-state index contributed by atoms with van der Waals surface area (Å²) in [6, 6.07) is 8.35. The average molecular weight is 234 g/mol. The van der Waals surface area contributed by atoms with E-state index in [4.69, 9.17) is 4.74 Å². The lowest BCUT2D eigenvalue weighted by Gasteiger charge is -2.32. The maximum absolute atomic E-state index is 5.63. The van der Waals surface area contributed by atoms with Gasteiger partial charge in [0.05, 0.1) is 6.10 Å². The molecule has 0 bridgehead atoms. The maximum atomic E-state index is 5.63. The van der Waals surface area contributed by atoms with Gasteiger partial charge in [-0.1, -0.05) is 0 Å². The van der Waals surface area contributed by atoms with Gasteiger partial charge in [-0.05, 0) is 38.1 Å². The lowest BCUT2D eigenvalue weighted by atomic mass is 10.0. The molecule has 1 aromatic rings. The molecule has 0 unspecified atom stereocenters. The number of ether oxygens (including phenoxy) is 1. The summed E-state index contributed by atoms with van der Waals surface area (Å²) >= 11 is 0.